The first-order valence-electron chi connectivity index (χ1n) is 22.7. The quantitative estimate of drug-likeness (QED) is 0.0272. The van der Waals surface area contributed by atoms with E-state index in [0.717, 1.165) is 32.1 Å². The average Bonchev–Trinajstić information content (AvgIpc) is 3.15. The van der Waals surface area contributed by atoms with E-state index < -0.39 is 13.9 Å². The molecule has 0 rings (SSSR count). The van der Waals surface area contributed by atoms with Crippen LogP contribution in [0.5, 0.6) is 0 Å². The van der Waals surface area contributed by atoms with E-state index in [9.17, 15) is 14.3 Å². The molecule has 316 valence electrons. The molecule has 1 unspecified atom stereocenters. The fourth-order valence-corrected chi connectivity index (χ4v) is 7.44. The number of ether oxygens (including phenoxy) is 2. The Balaban J connectivity index is 4.01. The van der Waals surface area contributed by atoms with Crippen molar-refractivity contribution in [3.05, 3.63) is 12.3 Å². The Morgan fingerprint density at radius 3 is 1.34 bits per heavy atom. The predicted molar refractivity (Wildman–Crippen MR) is 224 cm³/mol. The summed E-state index contributed by atoms with van der Waals surface area (Å²) in [6, 6.07) is 0. The molecule has 0 aliphatic rings. The van der Waals surface area contributed by atoms with Crippen molar-refractivity contribution in [1.82, 2.24) is 0 Å². The molecule has 53 heavy (non-hydrogen) atoms. The van der Waals surface area contributed by atoms with Crippen molar-refractivity contribution in [2.24, 2.45) is 5.73 Å². The highest BCUT2D eigenvalue weighted by Crippen LogP contribution is 2.43. The Kier molecular flexibility index (Phi) is 41.5. The third kappa shape index (κ3) is 42.1. The van der Waals surface area contributed by atoms with Gasteiger partial charge in [0.2, 0.25) is 0 Å². The molecular weight excluding hydrogens is 685 g/mol. The van der Waals surface area contributed by atoms with Crippen LogP contribution >= 0.6 is 7.82 Å². The molecule has 0 heterocycles. The first-order chi connectivity index (χ1) is 25.9. The first-order valence-corrected chi connectivity index (χ1v) is 24.2. The second-order valence-electron chi connectivity index (χ2n) is 15.3. The van der Waals surface area contributed by atoms with Crippen LogP contribution in [0.4, 0.5) is 0 Å². The molecule has 0 radical (unpaired) electrons. The lowest BCUT2D eigenvalue weighted by atomic mass is 10.0. The number of hydrogen-bond acceptors (Lipinski definition) is 7. The van der Waals surface area contributed by atoms with Gasteiger partial charge in [-0.1, -0.05) is 206 Å². The smallest absolute Gasteiger partial charge is 0.472 e. The van der Waals surface area contributed by atoms with E-state index in [1.54, 1.807) is 6.26 Å². The zero-order valence-corrected chi connectivity index (χ0v) is 35.9. The third-order valence-electron chi connectivity index (χ3n) is 10.0. The lowest BCUT2D eigenvalue weighted by Crippen LogP contribution is -2.27. The molecular formula is C44H88NO7P. The Morgan fingerprint density at radius 1 is 0.566 bits per heavy atom. The first kappa shape index (κ1) is 52.1. The van der Waals surface area contributed by atoms with Gasteiger partial charge in [0.15, 0.2) is 6.10 Å². The minimum absolute atomic E-state index is 0.0387. The van der Waals surface area contributed by atoms with Gasteiger partial charge in [-0.25, -0.2) is 4.57 Å². The Morgan fingerprint density at radius 2 is 0.943 bits per heavy atom. The van der Waals surface area contributed by atoms with E-state index in [1.807, 2.05) is 6.08 Å². The lowest BCUT2D eigenvalue weighted by molar-refractivity contribution is -0.153. The second kappa shape index (κ2) is 42.2. The molecule has 9 heteroatoms. The molecule has 3 N–H and O–H groups in total. The van der Waals surface area contributed by atoms with Crippen LogP contribution in [0.1, 0.15) is 232 Å². The van der Waals surface area contributed by atoms with E-state index in [4.69, 9.17) is 24.3 Å². The summed E-state index contributed by atoms with van der Waals surface area (Å²) in [6.45, 7) is 4.29. The van der Waals surface area contributed by atoms with Crippen LogP contribution in [0.3, 0.4) is 0 Å². The zero-order valence-electron chi connectivity index (χ0n) is 35.0. The average molecular weight is 774 g/mol. The van der Waals surface area contributed by atoms with Crippen LogP contribution in [0.2, 0.25) is 0 Å². The summed E-state index contributed by atoms with van der Waals surface area (Å²) in [7, 11) is -4.29. The molecule has 0 fully saturated rings. The molecule has 0 aromatic carbocycles. The Hall–Kier alpha value is -0.920. The molecule has 0 saturated heterocycles. The highest BCUT2D eigenvalue weighted by Gasteiger charge is 2.25. The van der Waals surface area contributed by atoms with E-state index in [0.29, 0.717) is 6.42 Å². The highest BCUT2D eigenvalue weighted by molar-refractivity contribution is 7.47. The number of allylic oxidation sites excluding steroid dienone is 1. The summed E-state index contributed by atoms with van der Waals surface area (Å²) >= 11 is 0. The fraction of sp³-hybridized carbons (Fsp3) is 0.932. The molecule has 8 nitrogen and oxygen atoms in total. The normalized spacial score (nSPS) is 13.4. The van der Waals surface area contributed by atoms with Gasteiger partial charge in [-0.2, -0.15) is 0 Å². The number of unbranched alkanes of at least 4 members (excludes halogenated alkanes) is 31. The molecule has 0 spiro atoms. The minimum Gasteiger partial charge on any atom is -0.498 e. The van der Waals surface area contributed by atoms with Crippen molar-refractivity contribution in [1.29, 1.82) is 0 Å². The standard InChI is InChI=1S/C44H88NO7P/c1-3-5-7-9-11-13-15-17-19-21-22-24-26-28-30-32-34-36-39-49-41-43(42-51-53(47,48)50-40-38-45)52-44(46)37-35-33-31-29-27-25-23-20-18-16-14-12-10-8-6-4-2/h36,39,43H,3-35,37-38,40-42,45H2,1-2H3,(H,47,48)/b39-36-/t43-/m1/s1. The minimum atomic E-state index is -4.29. The van der Waals surface area contributed by atoms with Crippen molar-refractivity contribution >= 4 is 13.8 Å². The number of esters is 1. The van der Waals surface area contributed by atoms with Crippen molar-refractivity contribution in [2.45, 2.75) is 238 Å². The maximum absolute atomic E-state index is 12.6. The maximum atomic E-state index is 12.6. The van der Waals surface area contributed by atoms with Crippen LogP contribution in [0.25, 0.3) is 0 Å². The second-order valence-corrected chi connectivity index (χ2v) is 16.8. The van der Waals surface area contributed by atoms with Crippen molar-refractivity contribution in [3.8, 4) is 0 Å². The summed E-state index contributed by atoms with van der Waals surface area (Å²) in [5.41, 5.74) is 5.37. The number of carbonyl (C=O) groups excluding carboxylic acids is 1. The molecule has 0 aliphatic heterocycles. The van der Waals surface area contributed by atoms with Gasteiger partial charge in [-0.05, 0) is 25.3 Å². The monoisotopic (exact) mass is 774 g/mol. The van der Waals surface area contributed by atoms with Crippen LogP contribution < -0.4 is 5.73 Å². The van der Waals surface area contributed by atoms with Crippen LogP contribution in [-0.4, -0.2) is 43.3 Å². The molecule has 0 aliphatic carbocycles. The lowest BCUT2D eigenvalue weighted by Gasteiger charge is -2.19. The van der Waals surface area contributed by atoms with Crippen molar-refractivity contribution < 1.29 is 32.8 Å². The van der Waals surface area contributed by atoms with Crippen molar-refractivity contribution in [2.75, 3.05) is 26.4 Å². The Bertz CT molecular complexity index is 828. The topological polar surface area (TPSA) is 117 Å². The third-order valence-corrected chi connectivity index (χ3v) is 11.0. The fourth-order valence-electron chi connectivity index (χ4n) is 6.67. The van der Waals surface area contributed by atoms with Gasteiger partial charge in [0.1, 0.15) is 6.61 Å². The molecule has 0 aromatic rings. The van der Waals surface area contributed by atoms with Crippen LogP contribution in [0.15, 0.2) is 12.3 Å². The highest BCUT2D eigenvalue weighted by atomic mass is 31.2. The number of hydrogen-bond donors (Lipinski definition) is 2. The van der Waals surface area contributed by atoms with Gasteiger partial charge in [-0.3, -0.25) is 13.8 Å². The largest absolute Gasteiger partial charge is 0.498 e. The molecule has 0 saturated carbocycles. The van der Waals surface area contributed by atoms with E-state index in [-0.39, 0.29) is 32.3 Å². The van der Waals surface area contributed by atoms with E-state index >= 15 is 0 Å². The number of phosphoric acid groups is 1. The predicted octanol–water partition coefficient (Wildman–Crippen LogP) is 13.8. The van der Waals surface area contributed by atoms with E-state index in [2.05, 4.69) is 13.8 Å². The Labute approximate surface area is 328 Å². The number of rotatable bonds is 44. The molecule has 2 atom stereocenters. The van der Waals surface area contributed by atoms with Gasteiger partial charge < -0.3 is 20.1 Å². The summed E-state index contributed by atoms with van der Waals surface area (Å²) in [4.78, 5) is 22.5. The van der Waals surface area contributed by atoms with E-state index in [1.165, 1.54) is 180 Å². The zero-order chi connectivity index (χ0) is 38.8. The van der Waals surface area contributed by atoms with Gasteiger partial charge in [0.25, 0.3) is 0 Å². The number of phosphoric ester groups is 1. The maximum Gasteiger partial charge on any atom is 0.472 e. The van der Waals surface area contributed by atoms with Gasteiger partial charge in [0, 0.05) is 13.0 Å². The molecule has 0 bridgehead atoms. The summed E-state index contributed by atoms with van der Waals surface area (Å²) < 4.78 is 33.2. The SMILES string of the molecule is CCCCCCCCCCCCCCCCCC/C=C\OC[C@H](COP(=O)(O)OCCN)OC(=O)CCCCCCCCCCCCCCCCCC. The van der Waals surface area contributed by atoms with Gasteiger partial charge >= 0.3 is 13.8 Å². The van der Waals surface area contributed by atoms with Crippen LogP contribution in [-0.2, 0) is 27.9 Å². The molecule has 0 aromatic heterocycles. The van der Waals surface area contributed by atoms with Crippen LogP contribution in [0, 0.1) is 0 Å². The summed E-state index contributed by atoms with van der Waals surface area (Å²) in [5.74, 6) is -0.347. The van der Waals surface area contributed by atoms with Gasteiger partial charge in [0.05, 0.1) is 19.5 Å². The summed E-state index contributed by atoms with van der Waals surface area (Å²) in [5, 5.41) is 0. The number of carbonyl (C=O) groups is 1. The van der Waals surface area contributed by atoms with Gasteiger partial charge in [-0.15, -0.1) is 0 Å². The molecule has 0 amide bonds. The number of nitrogens with two attached hydrogens (primary N) is 1. The summed E-state index contributed by atoms with van der Waals surface area (Å²) in [6.07, 6.45) is 46.1. The van der Waals surface area contributed by atoms with Crippen molar-refractivity contribution in [3.63, 3.8) is 0 Å².